The van der Waals surface area contributed by atoms with Gasteiger partial charge in [-0.2, -0.15) is 0 Å². The maximum Gasteiger partial charge on any atom is 0.270 e. The van der Waals surface area contributed by atoms with E-state index in [0.29, 0.717) is 24.1 Å². The lowest BCUT2D eigenvalue weighted by atomic mass is 10.1. The Hall–Kier alpha value is -2.63. The second-order valence-electron chi connectivity index (χ2n) is 5.90. The number of benzene rings is 1. The van der Waals surface area contributed by atoms with Crippen molar-refractivity contribution in [2.24, 2.45) is 5.92 Å². The van der Waals surface area contributed by atoms with Crippen molar-refractivity contribution < 1.29 is 9.53 Å². The second kappa shape index (κ2) is 8.86. The molecule has 0 atom stereocenters. The third-order valence-corrected chi connectivity index (χ3v) is 3.39. The average Bonchev–Trinajstić information content (AvgIpc) is 2.60. The summed E-state index contributed by atoms with van der Waals surface area (Å²) in [6.07, 6.45) is 2.32. The van der Waals surface area contributed by atoms with E-state index in [0.717, 1.165) is 24.3 Å². The van der Waals surface area contributed by atoms with Crippen LogP contribution in [0.15, 0.2) is 36.5 Å². The van der Waals surface area contributed by atoms with Gasteiger partial charge in [0.15, 0.2) is 0 Å². The minimum atomic E-state index is -0.201. The molecule has 1 heterocycles. The molecule has 1 aromatic heterocycles. The molecule has 0 aliphatic rings. The third kappa shape index (κ3) is 5.53. The van der Waals surface area contributed by atoms with E-state index in [9.17, 15) is 4.79 Å². The van der Waals surface area contributed by atoms with Crippen LogP contribution < -0.4 is 15.4 Å². The van der Waals surface area contributed by atoms with E-state index in [1.165, 1.54) is 0 Å². The number of hydrogen-bond acceptors (Lipinski definition) is 5. The summed E-state index contributed by atoms with van der Waals surface area (Å²) < 4.78 is 5.19. The Morgan fingerprint density at radius 1 is 1.29 bits per heavy atom. The Balaban J connectivity index is 1.86. The van der Waals surface area contributed by atoms with Crippen molar-refractivity contribution in [3.63, 3.8) is 0 Å². The number of carbonyl (C=O) groups excluding carboxylic acids is 1. The monoisotopic (exact) mass is 328 g/mol. The van der Waals surface area contributed by atoms with Gasteiger partial charge in [-0.1, -0.05) is 26.0 Å². The fraction of sp³-hybridized carbons (Fsp3) is 0.389. The van der Waals surface area contributed by atoms with Crippen LogP contribution in [0.4, 0.5) is 5.95 Å². The van der Waals surface area contributed by atoms with E-state index in [-0.39, 0.29) is 5.91 Å². The summed E-state index contributed by atoms with van der Waals surface area (Å²) in [6, 6.07) is 9.42. The van der Waals surface area contributed by atoms with Gasteiger partial charge in [0.2, 0.25) is 5.95 Å². The lowest BCUT2D eigenvalue weighted by Gasteiger charge is -2.09. The highest BCUT2D eigenvalue weighted by atomic mass is 16.5. The number of anilines is 1. The normalized spacial score (nSPS) is 10.5. The summed E-state index contributed by atoms with van der Waals surface area (Å²) in [7, 11) is 1.64. The van der Waals surface area contributed by atoms with Crippen molar-refractivity contribution >= 4 is 11.9 Å². The van der Waals surface area contributed by atoms with Gasteiger partial charge >= 0.3 is 0 Å². The van der Waals surface area contributed by atoms with Crippen molar-refractivity contribution in [1.82, 2.24) is 15.3 Å². The summed E-state index contributed by atoms with van der Waals surface area (Å²) in [5, 5.41) is 6.00. The van der Waals surface area contributed by atoms with Gasteiger partial charge in [-0.3, -0.25) is 4.79 Å². The Labute approximate surface area is 142 Å². The molecule has 0 saturated carbocycles. The number of nitrogens with zero attached hydrogens (tertiary/aromatic N) is 2. The zero-order chi connectivity index (χ0) is 17.4. The Kier molecular flexibility index (Phi) is 6.54. The predicted molar refractivity (Wildman–Crippen MR) is 94.4 cm³/mol. The molecule has 0 unspecified atom stereocenters. The Bertz CT molecular complexity index is 674. The van der Waals surface area contributed by atoms with Gasteiger partial charge < -0.3 is 15.4 Å². The summed E-state index contributed by atoms with van der Waals surface area (Å²) in [5.41, 5.74) is 1.47. The molecule has 6 nitrogen and oxygen atoms in total. The quantitative estimate of drug-likeness (QED) is 0.779. The van der Waals surface area contributed by atoms with Crippen molar-refractivity contribution in [1.29, 1.82) is 0 Å². The summed E-state index contributed by atoms with van der Waals surface area (Å²) >= 11 is 0. The highest BCUT2D eigenvalue weighted by Crippen LogP contribution is 2.12. The molecule has 2 N–H and O–H groups in total. The first-order valence-electron chi connectivity index (χ1n) is 8.06. The molecule has 0 aliphatic heterocycles. The molecule has 0 aliphatic carbocycles. The molecular formula is C18H24N4O2. The van der Waals surface area contributed by atoms with Crippen LogP contribution in [0.1, 0.15) is 29.9 Å². The molecule has 24 heavy (non-hydrogen) atoms. The van der Waals surface area contributed by atoms with E-state index >= 15 is 0 Å². The van der Waals surface area contributed by atoms with Gasteiger partial charge in [0, 0.05) is 19.3 Å². The molecule has 1 amide bonds. The number of hydrogen-bond donors (Lipinski definition) is 2. The zero-order valence-electron chi connectivity index (χ0n) is 14.4. The topological polar surface area (TPSA) is 76.1 Å². The van der Waals surface area contributed by atoms with Gasteiger partial charge in [0.25, 0.3) is 5.91 Å². The number of aromatic nitrogens is 2. The lowest BCUT2D eigenvalue weighted by molar-refractivity contribution is 0.0949. The molecule has 0 radical (unpaired) electrons. The number of carbonyl (C=O) groups is 1. The number of ether oxygens (including phenoxy) is 1. The number of methoxy groups -OCH3 is 1. The highest BCUT2D eigenvalue weighted by Gasteiger charge is 2.08. The maximum atomic E-state index is 12.2. The van der Waals surface area contributed by atoms with Crippen molar-refractivity contribution in [3.8, 4) is 5.75 Å². The second-order valence-corrected chi connectivity index (χ2v) is 5.90. The van der Waals surface area contributed by atoms with Crippen LogP contribution in [0, 0.1) is 5.92 Å². The molecule has 0 saturated heterocycles. The fourth-order valence-electron chi connectivity index (χ4n) is 2.10. The van der Waals surface area contributed by atoms with Gasteiger partial charge in [0.1, 0.15) is 11.4 Å². The van der Waals surface area contributed by atoms with Crippen LogP contribution >= 0.6 is 0 Å². The third-order valence-electron chi connectivity index (χ3n) is 3.39. The van der Waals surface area contributed by atoms with Crippen LogP contribution in [-0.2, 0) is 6.42 Å². The molecule has 6 heteroatoms. The Morgan fingerprint density at radius 2 is 2.12 bits per heavy atom. The maximum absolute atomic E-state index is 12.2. The van der Waals surface area contributed by atoms with Crippen LogP contribution in [0.3, 0.4) is 0 Å². The molecular weight excluding hydrogens is 304 g/mol. The zero-order valence-corrected chi connectivity index (χ0v) is 14.4. The molecule has 1 aromatic carbocycles. The first-order valence-corrected chi connectivity index (χ1v) is 8.06. The van der Waals surface area contributed by atoms with Crippen molar-refractivity contribution in [3.05, 3.63) is 47.8 Å². The van der Waals surface area contributed by atoms with Crippen molar-refractivity contribution in [2.45, 2.75) is 20.3 Å². The lowest BCUT2D eigenvalue weighted by Crippen LogP contribution is -2.27. The van der Waals surface area contributed by atoms with E-state index in [2.05, 4.69) is 34.4 Å². The standard InChI is InChI=1S/C18H24N4O2/c1-13(2)12-21-18-20-10-8-16(22-18)17(23)19-9-7-14-5-4-6-15(11-14)24-3/h4-6,8,10-11,13H,7,9,12H2,1-3H3,(H,19,23)(H,20,21,22). The molecule has 0 fully saturated rings. The number of rotatable bonds is 8. The van der Waals surface area contributed by atoms with Crippen LogP contribution in [0.5, 0.6) is 5.75 Å². The molecule has 2 rings (SSSR count). The fourth-order valence-corrected chi connectivity index (χ4v) is 2.10. The smallest absolute Gasteiger partial charge is 0.270 e. The Morgan fingerprint density at radius 3 is 2.88 bits per heavy atom. The van der Waals surface area contributed by atoms with Gasteiger partial charge in [0.05, 0.1) is 7.11 Å². The first-order chi connectivity index (χ1) is 11.6. The molecule has 2 aromatic rings. The largest absolute Gasteiger partial charge is 0.497 e. The van der Waals surface area contributed by atoms with Gasteiger partial charge in [-0.15, -0.1) is 0 Å². The first kappa shape index (κ1) is 17.7. The van der Waals surface area contributed by atoms with Gasteiger partial charge in [-0.05, 0) is 36.1 Å². The van der Waals surface area contributed by atoms with Crippen molar-refractivity contribution in [2.75, 3.05) is 25.5 Å². The highest BCUT2D eigenvalue weighted by molar-refractivity contribution is 5.92. The summed E-state index contributed by atoms with van der Waals surface area (Å²) in [6.45, 7) is 5.50. The molecule has 0 spiro atoms. The minimum absolute atomic E-state index is 0.201. The SMILES string of the molecule is COc1cccc(CCNC(=O)c2ccnc(NCC(C)C)n2)c1. The number of nitrogens with one attached hydrogen (secondary N) is 2. The summed E-state index contributed by atoms with van der Waals surface area (Å²) in [4.78, 5) is 20.6. The van der Waals surface area contributed by atoms with Crippen LogP contribution in [0.2, 0.25) is 0 Å². The minimum Gasteiger partial charge on any atom is -0.497 e. The molecule has 0 bridgehead atoms. The predicted octanol–water partition coefficient (Wildman–Crippen LogP) is 2.53. The van der Waals surface area contributed by atoms with Gasteiger partial charge in [-0.25, -0.2) is 9.97 Å². The average molecular weight is 328 g/mol. The number of amides is 1. The van der Waals surface area contributed by atoms with E-state index in [1.54, 1.807) is 19.4 Å². The van der Waals surface area contributed by atoms with Crippen LogP contribution in [-0.4, -0.2) is 36.1 Å². The van der Waals surface area contributed by atoms with E-state index in [1.807, 2.05) is 24.3 Å². The molecule has 128 valence electrons. The van der Waals surface area contributed by atoms with E-state index < -0.39 is 0 Å². The van der Waals surface area contributed by atoms with E-state index in [4.69, 9.17) is 4.74 Å². The summed E-state index contributed by atoms with van der Waals surface area (Å²) in [5.74, 6) is 1.57. The van der Waals surface area contributed by atoms with Crippen LogP contribution in [0.25, 0.3) is 0 Å².